The van der Waals surface area contributed by atoms with Crippen molar-refractivity contribution in [3.63, 3.8) is 0 Å². The number of rotatable bonds is 6. The van der Waals surface area contributed by atoms with Gasteiger partial charge in [-0.1, -0.05) is 0 Å². The van der Waals surface area contributed by atoms with Gasteiger partial charge in [0.25, 0.3) is 0 Å². The number of fused-ring (bicyclic) bond motifs is 6. The molecule has 3 aromatic carbocycles. The average Bonchev–Trinajstić information content (AvgIpc) is 3.23. The number of benzene rings is 3. The maximum atomic E-state index is 14.3. The summed E-state index contributed by atoms with van der Waals surface area (Å²) in [4.78, 5) is 4.32. The maximum Gasteiger partial charge on any atom is 0.123 e. The van der Waals surface area contributed by atoms with Crippen LogP contribution < -0.4 is 0 Å². The first-order valence-electron chi connectivity index (χ1n) is 11.4. The van der Waals surface area contributed by atoms with Crippen LogP contribution in [0.25, 0.3) is 43.6 Å². The summed E-state index contributed by atoms with van der Waals surface area (Å²) in [7, 11) is 8.25. The molecule has 5 aromatic rings. The summed E-state index contributed by atoms with van der Waals surface area (Å²) in [6, 6.07) is 12.2. The number of nitrogens with zero attached hydrogens (tertiary/aromatic N) is 4. The lowest BCUT2D eigenvalue weighted by Gasteiger charge is -2.16. The van der Waals surface area contributed by atoms with Gasteiger partial charge in [0.1, 0.15) is 11.6 Å². The highest BCUT2D eigenvalue weighted by Crippen LogP contribution is 2.40. The Balaban J connectivity index is 1.92. The molecule has 0 unspecified atom stereocenters. The molecular formula is C27H30F2N4. The molecule has 6 heteroatoms. The molecule has 0 amide bonds. The highest BCUT2D eigenvalue weighted by atomic mass is 19.1. The number of hydrogen-bond donors (Lipinski definition) is 0. The predicted molar refractivity (Wildman–Crippen MR) is 134 cm³/mol. The van der Waals surface area contributed by atoms with Crippen molar-refractivity contribution in [3.05, 3.63) is 59.7 Å². The van der Waals surface area contributed by atoms with Crippen LogP contribution in [0, 0.1) is 18.6 Å². The molecule has 5 rings (SSSR count). The van der Waals surface area contributed by atoms with Gasteiger partial charge in [-0.15, -0.1) is 0 Å². The molecule has 0 atom stereocenters. The second-order valence-corrected chi connectivity index (χ2v) is 9.53. The summed E-state index contributed by atoms with van der Waals surface area (Å²) in [5.74, 6) is -0.488. The fraction of sp³-hybridized carbons (Fsp3) is 0.333. The number of hydrogen-bond acceptors (Lipinski definition) is 2. The van der Waals surface area contributed by atoms with Gasteiger partial charge in [-0.3, -0.25) is 0 Å². The van der Waals surface area contributed by atoms with E-state index < -0.39 is 0 Å². The molecule has 0 aliphatic rings. The molecule has 33 heavy (non-hydrogen) atoms. The normalized spacial score (nSPS) is 12.5. The van der Waals surface area contributed by atoms with Gasteiger partial charge in [-0.05, 0) is 83.1 Å². The molecule has 0 aliphatic heterocycles. The third-order valence-corrected chi connectivity index (χ3v) is 6.67. The van der Waals surface area contributed by atoms with Crippen molar-refractivity contribution < 1.29 is 8.78 Å². The standard InChI is InChI=1S/C27H30F2N4/c1-17-26-22(20-14-18(28)6-8-24(20)32(26)12-10-30(2)3)16-23-21-15-19(29)7-9-25(21)33(27(17)23)13-11-31(4)5/h6-9,14-16H,10-13H2,1-5H3. The number of halogens is 2. The number of likely N-dealkylation sites (N-methyl/N-ethyl adjacent to an activating group) is 2. The molecular weight excluding hydrogens is 418 g/mol. The Hall–Kier alpha value is -2.96. The van der Waals surface area contributed by atoms with Crippen LogP contribution in [0.15, 0.2) is 42.5 Å². The summed E-state index contributed by atoms with van der Waals surface area (Å²) in [5, 5.41) is 3.84. The van der Waals surface area contributed by atoms with Crippen LogP contribution in [0.4, 0.5) is 8.78 Å². The molecule has 172 valence electrons. The minimum Gasteiger partial charge on any atom is -0.339 e. The Bertz CT molecular complexity index is 1400. The van der Waals surface area contributed by atoms with E-state index in [2.05, 4.69) is 60.1 Å². The summed E-state index contributed by atoms with van der Waals surface area (Å²) >= 11 is 0. The van der Waals surface area contributed by atoms with Crippen molar-refractivity contribution in [2.45, 2.75) is 20.0 Å². The molecule has 0 saturated heterocycles. The zero-order chi connectivity index (χ0) is 23.4. The highest BCUT2D eigenvalue weighted by molar-refractivity contribution is 6.19. The molecule has 0 spiro atoms. The number of aryl methyl sites for hydroxylation is 1. The van der Waals surface area contributed by atoms with E-state index in [4.69, 9.17) is 0 Å². The summed E-state index contributed by atoms with van der Waals surface area (Å²) in [6.07, 6.45) is 0. The van der Waals surface area contributed by atoms with Crippen molar-refractivity contribution >= 4 is 43.6 Å². The fourth-order valence-electron chi connectivity index (χ4n) is 5.13. The van der Waals surface area contributed by atoms with Crippen molar-refractivity contribution in [1.82, 2.24) is 18.9 Å². The van der Waals surface area contributed by atoms with Gasteiger partial charge in [-0.2, -0.15) is 0 Å². The summed E-state index contributed by atoms with van der Waals surface area (Å²) in [6.45, 7) is 5.51. The van der Waals surface area contributed by atoms with Gasteiger partial charge < -0.3 is 18.9 Å². The Kier molecular flexibility index (Phi) is 5.38. The first-order chi connectivity index (χ1) is 15.8. The largest absolute Gasteiger partial charge is 0.339 e. The molecule has 0 radical (unpaired) electrons. The summed E-state index contributed by atoms with van der Waals surface area (Å²) < 4.78 is 33.3. The summed E-state index contributed by atoms with van der Waals surface area (Å²) in [5.41, 5.74) is 5.45. The van der Waals surface area contributed by atoms with Crippen molar-refractivity contribution in [1.29, 1.82) is 0 Å². The maximum absolute atomic E-state index is 14.3. The Morgan fingerprint density at radius 2 is 1.06 bits per heavy atom. The fourth-order valence-corrected chi connectivity index (χ4v) is 5.13. The van der Waals surface area contributed by atoms with Gasteiger partial charge in [0.2, 0.25) is 0 Å². The zero-order valence-electron chi connectivity index (χ0n) is 19.9. The third-order valence-electron chi connectivity index (χ3n) is 6.67. The predicted octanol–water partition coefficient (Wildman–Crippen LogP) is 5.61. The van der Waals surface area contributed by atoms with E-state index in [1.807, 2.05) is 12.1 Å². The molecule has 4 nitrogen and oxygen atoms in total. The topological polar surface area (TPSA) is 16.3 Å². The van der Waals surface area contributed by atoms with E-state index in [1.165, 1.54) is 12.1 Å². The van der Waals surface area contributed by atoms with Crippen LogP contribution in [0.5, 0.6) is 0 Å². The van der Waals surface area contributed by atoms with Crippen LogP contribution in [-0.4, -0.2) is 60.2 Å². The van der Waals surface area contributed by atoms with Gasteiger partial charge >= 0.3 is 0 Å². The van der Waals surface area contributed by atoms with E-state index in [0.717, 1.165) is 75.4 Å². The molecule has 2 heterocycles. The highest BCUT2D eigenvalue weighted by Gasteiger charge is 2.21. The lowest BCUT2D eigenvalue weighted by atomic mass is 10.0. The molecule has 0 saturated carbocycles. The molecule has 0 fully saturated rings. The Labute approximate surface area is 192 Å². The van der Waals surface area contributed by atoms with Crippen LogP contribution in [-0.2, 0) is 13.1 Å². The van der Waals surface area contributed by atoms with E-state index >= 15 is 0 Å². The van der Waals surface area contributed by atoms with Crippen LogP contribution >= 0.6 is 0 Å². The molecule has 0 N–H and O–H groups in total. The minimum atomic E-state index is -0.244. The van der Waals surface area contributed by atoms with Gasteiger partial charge in [0.15, 0.2) is 0 Å². The second kappa shape index (κ2) is 8.12. The van der Waals surface area contributed by atoms with E-state index in [0.29, 0.717) is 0 Å². The number of aromatic nitrogens is 2. The average molecular weight is 449 g/mol. The van der Waals surface area contributed by atoms with Gasteiger partial charge in [-0.25, -0.2) is 8.78 Å². The Morgan fingerprint density at radius 1 is 0.636 bits per heavy atom. The SMILES string of the molecule is Cc1c2c(cc3c4cc(F)ccc4n(CCN(C)C)c13)c1cc(F)ccc1n2CCN(C)C. The first-order valence-corrected chi connectivity index (χ1v) is 11.4. The quantitative estimate of drug-likeness (QED) is 0.336. The zero-order valence-corrected chi connectivity index (χ0v) is 19.9. The van der Waals surface area contributed by atoms with Crippen LogP contribution in [0.2, 0.25) is 0 Å². The van der Waals surface area contributed by atoms with Crippen molar-refractivity contribution in [3.8, 4) is 0 Å². The smallest absolute Gasteiger partial charge is 0.123 e. The molecule has 0 aliphatic carbocycles. The lowest BCUT2D eigenvalue weighted by molar-refractivity contribution is 0.389. The minimum absolute atomic E-state index is 0.244. The second-order valence-electron chi connectivity index (χ2n) is 9.53. The van der Waals surface area contributed by atoms with Gasteiger partial charge in [0.05, 0.1) is 11.0 Å². The molecule has 0 bridgehead atoms. The van der Waals surface area contributed by atoms with E-state index in [9.17, 15) is 8.78 Å². The lowest BCUT2D eigenvalue weighted by Crippen LogP contribution is -2.19. The van der Waals surface area contributed by atoms with Crippen LogP contribution in [0.1, 0.15) is 5.56 Å². The van der Waals surface area contributed by atoms with E-state index in [-0.39, 0.29) is 11.6 Å². The van der Waals surface area contributed by atoms with Gasteiger partial charge in [0, 0.05) is 58.8 Å². The first kappa shape index (κ1) is 21.9. The Morgan fingerprint density at radius 3 is 1.45 bits per heavy atom. The monoisotopic (exact) mass is 448 g/mol. The molecule has 2 aromatic heterocycles. The van der Waals surface area contributed by atoms with Crippen molar-refractivity contribution in [2.75, 3.05) is 41.3 Å². The van der Waals surface area contributed by atoms with Crippen LogP contribution in [0.3, 0.4) is 0 Å². The third kappa shape index (κ3) is 3.58. The van der Waals surface area contributed by atoms with E-state index in [1.54, 1.807) is 12.1 Å². The van der Waals surface area contributed by atoms with Crippen molar-refractivity contribution in [2.24, 2.45) is 0 Å².